The number of halogens is 1. The van der Waals surface area contributed by atoms with Gasteiger partial charge >= 0.3 is 0 Å². The van der Waals surface area contributed by atoms with E-state index >= 15 is 0 Å². The number of rotatable bonds is 3. The summed E-state index contributed by atoms with van der Waals surface area (Å²) < 4.78 is 27.4. The van der Waals surface area contributed by atoms with Crippen LogP contribution in [0.1, 0.15) is 5.56 Å². The first-order valence-corrected chi connectivity index (χ1v) is 8.05. The molecule has 108 valence electrons. The highest BCUT2D eigenvalue weighted by Crippen LogP contribution is 2.29. The van der Waals surface area contributed by atoms with Gasteiger partial charge in [-0.25, -0.2) is 8.42 Å². The smallest absolute Gasteiger partial charge is 0.261 e. The van der Waals surface area contributed by atoms with Crippen LogP contribution in [0.4, 0.5) is 5.69 Å². The van der Waals surface area contributed by atoms with Gasteiger partial charge in [0.15, 0.2) is 0 Å². The van der Waals surface area contributed by atoms with Crippen LogP contribution in [0.25, 0.3) is 10.9 Å². The second-order valence-corrected chi connectivity index (χ2v) is 6.72. The van der Waals surface area contributed by atoms with Crippen molar-refractivity contribution >= 4 is 38.2 Å². The molecule has 0 saturated heterocycles. The fraction of sp³-hybridized carbons (Fsp3) is 0.0714. The molecule has 0 aliphatic heterocycles. The van der Waals surface area contributed by atoms with Crippen LogP contribution in [0.3, 0.4) is 0 Å². The maximum Gasteiger partial charge on any atom is 0.261 e. The molecular weight excluding hydrogens is 310 g/mol. The number of aromatic amines is 1. The van der Waals surface area contributed by atoms with E-state index in [0.717, 1.165) is 5.56 Å². The van der Waals surface area contributed by atoms with Crippen LogP contribution in [0.2, 0.25) is 5.15 Å². The highest BCUT2D eigenvalue weighted by molar-refractivity contribution is 7.92. The summed E-state index contributed by atoms with van der Waals surface area (Å²) in [6, 6.07) is 11.7. The third-order valence-electron chi connectivity index (χ3n) is 3.11. The molecule has 0 spiro atoms. The predicted octanol–water partition coefficient (Wildman–Crippen LogP) is 3.33. The second kappa shape index (κ2) is 5.05. The van der Waals surface area contributed by atoms with E-state index in [0.29, 0.717) is 21.7 Å². The summed E-state index contributed by atoms with van der Waals surface area (Å²) in [4.78, 5) is 0.199. The van der Waals surface area contributed by atoms with Gasteiger partial charge in [-0.2, -0.15) is 5.10 Å². The van der Waals surface area contributed by atoms with Crippen LogP contribution in [-0.2, 0) is 10.0 Å². The van der Waals surface area contributed by atoms with E-state index in [1.165, 1.54) is 0 Å². The Labute approximate surface area is 127 Å². The second-order valence-electron chi connectivity index (χ2n) is 4.66. The lowest BCUT2D eigenvalue weighted by atomic mass is 10.2. The van der Waals surface area contributed by atoms with Crippen molar-refractivity contribution < 1.29 is 8.42 Å². The standard InChI is InChI=1S/C14H12ClN3O2S/c1-9-5-7-10(8-6-9)21(19,20)18-12-4-2-3-11-13(12)14(15)17-16-11/h2-8,18H,1H3,(H,16,17). The number of hydrogen-bond acceptors (Lipinski definition) is 3. The predicted molar refractivity (Wildman–Crippen MR) is 83.1 cm³/mol. The Bertz CT molecular complexity index is 902. The maximum atomic E-state index is 12.4. The average molecular weight is 322 g/mol. The van der Waals surface area contributed by atoms with Gasteiger partial charge in [-0.3, -0.25) is 9.82 Å². The molecule has 0 amide bonds. The first-order chi connectivity index (χ1) is 9.97. The number of hydrogen-bond donors (Lipinski definition) is 2. The first-order valence-electron chi connectivity index (χ1n) is 6.19. The molecule has 1 aromatic heterocycles. The molecule has 2 aromatic carbocycles. The number of aromatic nitrogens is 2. The van der Waals surface area contributed by atoms with E-state index in [9.17, 15) is 8.42 Å². The number of nitrogens with zero attached hydrogens (tertiary/aromatic N) is 1. The summed E-state index contributed by atoms with van der Waals surface area (Å²) >= 11 is 6.02. The number of anilines is 1. The summed E-state index contributed by atoms with van der Waals surface area (Å²) in [5, 5.41) is 7.48. The molecule has 0 fully saturated rings. The van der Waals surface area contributed by atoms with Crippen LogP contribution < -0.4 is 4.72 Å². The normalized spacial score (nSPS) is 11.7. The summed E-state index contributed by atoms with van der Waals surface area (Å²) in [5.74, 6) is 0. The van der Waals surface area contributed by atoms with Gasteiger partial charge in [-0.05, 0) is 31.2 Å². The van der Waals surface area contributed by atoms with Gasteiger partial charge < -0.3 is 0 Å². The summed E-state index contributed by atoms with van der Waals surface area (Å²) in [5.41, 5.74) is 1.99. The Hall–Kier alpha value is -2.05. The number of H-pyrrole nitrogens is 1. The molecule has 0 unspecified atom stereocenters. The third-order valence-corrected chi connectivity index (χ3v) is 4.77. The molecule has 0 aliphatic rings. The summed E-state index contributed by atoms with van der Waals surface area (Å²) in [6.45, 7) is 1.90. The molecule has 21 heavy (non-hydrogen) atoms. The van der Waals surface area contributed by atoms with Crippen molar-refractivity contribution in [1.29, 1.82) is 0 Å². The van der Waals surface area contributed by atoms with Crippen LogP contribution in [-0.4, -0.2) is 18.6 Å². The van der Waals surface area contributed by atoms with Crippen LogP contribution >= 0.6 is 11.6 Å². The number of fused-ring (bicyclic) bond motifs is 1. The highest BCUT2D eigenvalue weighted by atomic mass is 35.5. The van der Waals surface area contributed by atoms with Crippen molar-refractivity contribution in [3.8, 4) is 0 Å². The van der Waals surface area contributed by atoms with Crippen molar-refractivity contribution in [3.05, 3.63) is 53.2 Å². The van der Waals surface area contributed by atoms with Gasteiger partial charge in [-0.1, -0.05) is 35.4 Å². The van der Waals surface area contributed by atoms with Gasteiger partial charge in [0.2, 0.25) is 0 Å². The van der Waals surface area contributed by atoms with Gasteiger partial charge in [0.05, 0.1) is 21.5 Å². The zero-order valence-corrected chi connectivity index (χ0v) is 12.7. The Morgan fingerprint density at radius 1 is 1.14 bits per heavy atom. The molecule has 0 bridgehead atoms. The molecular formula is C14H12ClN3O2S. The van der Waals surface area contributed by atoms with Gasteiger partial charge in [0.25, 0.3) is 10.0 Å². The highest BCUT2D eigenvalue weighted by Gasteiger charge is 2.17. The van der Waals surface area contributed by atoms with Gasteiger partial charge in [0, 0.05) is 0 Å². The van der Waals surface area contributed by atoms with Crippen molar-refractivity contribution in [1.82, 2.24) is 10.2 Å². The Morgan fingerprint density at radius 3 is 2.57 bits per heavy atom. The van der Waals surface area contributed by atoms with E-state index in [-0.39, 0.29) is 4.90 Å². The SMILES string of the molecule is Cc1ccc(S(=O)(=O)Nc2cccc3n[nH]c(Cl)c23)cc1. The molecule has 1 heterocycles. The minimum Gasteiger partial charge on any atom is -0.279 e. The number of aryl methyl sites for hydroxylation is 1. The molecule has 0 saturated carbocycles. The zero-order chi connectivity index (χ0) is 15.0. The fourth-order valence-electron chi connectivity index (χ4n) is 2.04. The van der Waals surface area contributed by atoms with Gasteiger partial charge in [0.1, 0.15) is 5.15 Å². The lowest BCUT2D eigenvalue weighted by Gasteiger charge is -2.09. The van der Waals surface area contributed by atoms with Crippen molar-refractivity contribution in [2.45, 2.75) is 11.8 Å². The van der Waals surface area contributed by atoms with Crippen molar-refractivity contribution in [3.63, 3.8) is 0 Å². The maximum absolute atomic E-state index is 12.4. The first kappa shape index (κ1) is 13.9. The average Bonchev–Trinajstić information content (AvgIpc) is 2.82. The Morgan fingerprint density at radius 2 is 1.86 bits per heavy atom. The molecule has 3 aromatic rings. The molecule has 0 radical (unpaired) electrons. The molecule has 5 nitrogen and oxygen atoms in total. The quantitative estimate of drug-likeness (QED) is 0.777. The van der Waals surface area contributed by atoms with Crippen molar-refractivity contribution in [2.24, 2.45) is 0 Å². The lowest BCUT2D eigenvalue weighted by Crippen LogP contribution is -2.13. The molecule has 0 aliphatic carbocycles. The number of nitrogens with one attached hydrogen (secondary N) is 2. The zero-order valence-electron chi connectivity index (χ0n) is 11.1. The molecule has 7 heteroatoms. The van der Waals surface area contributed by atoms with Gasteiger partial charge in [-0.15, -0.1) is 0 Å². The van der Waals surface area contributed by atoms with E-state index in [4.69, 9.17) is 11.6 Å². The fourth-order valence-corrected chi connectivity index (χ4v) is 3.35. The minimum absolute atomic E-state index is 0.199. The Balaban J connectivity index is 2.05. The van der Waals surface area contributed by atoms with Crippen LogP contribution in [0.5, 0.6) is 0 Å². The third kappa shape index (κ3) is 2.59. The largest absolute Gasteiger partial charge is 0.279 e. The molecule has 2 N–H and O–H groups in total. The Kier molecular flexibility index (Phi) is 3.35. The number of sulfonamides is 1. The summed E-state index contributed by atoms with van der Waals surface area (Å²) in [7, 11) is -3.67. The van der Waals surface area contributed by atoms with E-state index in [1.807, 2.05) is 6.92 Å². The lowest BCUT2D eigenvalue weighted by molar-refractivity contribution is 0.601. The van der Waals surface area contributed by atoms with Crippen LogP contribution in [0, 0.1) is 6.92 Å². The molecule has 3 rings (SSSR count). The van der Waals surface area contributed by atoms with E-state index in [2.05, 4.69) is 14.9 Å². The number of benzene rings is 2. The van der Waals surface area contributed by atoms with E-state index in [1.54, 1.807) is 42.5 Å². The molecule has 0 atom stereocenters. The van der Waals surface area contributed by atoms with Crippen LogP contribution in [0.15, 0.2) is 47.4 Å². The van der Waals surface area contributed by atoms with E-state index < -0.39 is 10.0 Å². The topological polar surface area (TPSA) is 74.8 Å². The monoisotopic (exact) mass is 321 g/mol. The minimum atomic E-state index is -3.67. The van der Waals surface area contributed by atoms with Crippen molar-refractivity contribution in [2.75, 3.05) is 4.72 Å². The summed E-state index contributed by atoms with van der Waals surface area (Å²) in [6.07, 6.45) is 0.